The predicted octanol–water partition coefficient (Wildman–Crippen LogP) is 1.62. The molecule has 0 aromatic heterocycles. The fourth-order valence-corrected chi connectivity index (χ4v) is 2.10. The quantitative estimate of drug-likeness (QED) is 0.607. The van der Waals surface area contributed by atoms with E-state index in [2.05, 4.69) is 6.92 Å². The van der Waals surface area contributed by atoms with Crippen molar-refractivity contribution in [3.63, 3.8) is 0 Å². The summed E-state index contributed by atoms with van der Waals surface area (Å²) < 4.78 is 1.57. The van der Waals surface area contributed by atoms with Crippen LogP contribution in [0.1, 0.15) is 32.6 Å². The van der Waals surface area contributed by atoms with Crippen LogP contribution in [0.2, 0.25) is 4.18 Å². The van der Waals surface area contributed by atoms with Gasteiger partial charge in [0.15, 0.2) is 0 Å². The Labute approximate surface area is 61.3 Å². The van der Waals surface area contributed by atoms with Gasteiger partial charge in [0.2, 0.25) is 0 Å². The molecule has 7 heavy (non-hydrogen) atoms. The van der Waals surface area contributed by atoms with Crippen molar-refractivity contribution in [1.82, 2.24) is 0 Å². The fourth-order valence-electron chi connectivity index (χ4n) is 0.677. The van der Waals surface area contributed by atoms with Crippen LogP contribution >= 0.6 is 0 Å². The third kappa shape index (κ3) is 6.87. The number of unbranched alkanes of at least 4 members (excludes halogenated alkanes) is 3. The molecule has 0 amide bonds. The van der Waals surface area contributed by atoms with Crippen LogP contribution in [0.5, 0.6) is 0 Å². The van der Waals surface area contributed by atoms with Crippen LogP contribution < -0.4 is 0 Å². The molecule has 0 rings (SSSR count). The molecule has 0 aliphatic rings. The van der Waals surface area contributed by atoms with Crippen molar-refractivity contribution in [2.24, 2.45) is 0 Å². The third-order valence-electron chi connectivity index (χ3n) is 1.21. The Morgan fingerprint density at radius 3 is 2.29 bits per heavy atom. The van der Waals surface area contributed by atoms with E-state index in [0.717, 1.165) is 24.4 Å². The topological polar surface area (TPSA) is 0 Å². The molecule has 0 aromatic carbocycles. The van der Waals surface area contributed by atoms with E-state index in [4.69, 9.17) is 0 Å². The Kier molecular flexibility index (Phi) is 7.72. The molecule has 42 valence electrons. The zero-order valence-corrected chi connectivity index (χ0v) is 11.2. The van der Waals surface area contributed by atoms with Crippen molar-refractivity contribution in [2.75, 3.05) is 0 Å². The van der Waals surface area contributed by atoms with E-state index < -0.39 is 0 Å². The second kappa shape index (κ2) is 6.87. The molecule has 0 unspecified atom stereocenters. The minimum atomic E-state index is 0.976. The number of hydrogen-bond donors (Lipinski definition) is 0. The van der Waals surface area contributed by atoms with Gasteiger partial charge in [0.1, 0.15) is 0 Å². The standard InChI is InChI=1S/C6H13.In.2H/c1-3-5-6-4-2;;;/h1,3-6H2,2H3;;;. The molecule has 0 N–H and O–H groups in total. The summed E-state index contributed by atoms with van der Waals surface area (Å²) in [6.45, 7) is 2.26. The number of hydrogen-bond acceptors (Lipinski definition) is 0. The molecule has 0 saturated carbocycles. The van der Waals surface area contributed by atoms with Gasteiger partial charge in [0, 0.05) is 0 Å². The van der Waals surface area contributed by atoms with E-state index in [1.165, 1.54) is 25.7 Å². The van der Waals surface area contributed by atoms with Gasteiger partial charge in [-0.25, -0.2) is 0 Å². The summed E-state index contributed by atoms with van der Waals surface area (Å²) in [7, 11) is 0. The van der Waals surface area contributed by atoms with E-state index in [-0.39, 0.29) is 0 Å². The molecule has 0 aliphatic heterocycles. The third-order valence-corrected chi connectivity index (χ3v) is 3.23. The van der Waals surface area contributed by atoms with Crippen molar-refractivity contribution in [3.05, 3.63) is 0 Å². The average molecular weight is 202 g/mol. The van der Waals surface area contributed by atoms with Gasteiger partial charge in [-0.15, -0.1) is 0 Å². The van der Waals surface area contributed by atoms with Gasteiger partial charge in [-0.2, -0.15) is 0 Å². The van der Waals surface area contributed by atoms with Crippen molar-refractivity contribution >= 4 is 24.4 Å². The first-order chi connectivity index (χ1) is 3.41. The summed E-state index contributed by atoms with van der Waals surface area (Å²) in [5.41, 5.74) is 0. The first-order valence-corrected chi connectivity index (χ1v) is 7.45. The van der Waals surface area contributed by atoms with Crippen molar-refractivity contribution in [2.45, 2.75) is 36.8 Å². The molecule has 1 heteroatoms. The fraction of sp³-hybridized carbons (Fsp3) is 1.00. The van der Waals surface area contributed by atoms with E-state index >= 15 is 0 Å². The number of rotatable bonds is 4. The van der Waals surface area contributed by atoms with Crippen LogP contribution in [0.4, 0.5) is 0 Å². The summed E-state index contributed by atoms with van der Waals surface area (Å²) in [4.78, 5) is 0. The Morgan fingerprint density at radius 1 is 1.14 bits per heavy atom. The molecular weight excluding hydrogens is 187 g/mol. The first kappa shape index (κ1) is 7.87. The Balaban J connectivity index is 2.45. The van der Waals surface area contributed by atoms with Gasteiger partial charge in [-0.3, -0.25) is 0 Å². The summed E-state index contributed by atoms with van der Waals surface area (Å²) in [6.07, 6.45) is 5.85. The van der Waals surface area contributed by atoms with Crippen LogP contribution in [0.25, 0.3) is 0 Å². The molecule has 0 saturated heterocycles. The van der Waals surface area contributed by atoms with E-state index in [1.54, 1.807) is 4.18 Å². The molecular formula is C6H15In. The molecule has 0 heterocycles. The van der Waals surface area contributed by atoms with E-state index in [1.807, 2.05) is 0 Å². The zero-order valence-electron chi connectivity index (χ0n) is 5.54. The first-order valence-electron chi connectivity index (χ1n) is 3.41. The van der Waals surface area contributed by atoms with Gasteiger partial charge < -0.3 is 0 Å². The summed E-state index contributed by atoms with van der Waals surface area (Å²) in [5.74, 6) is 0. The molecule has 0 nitrogen and oxygen atoms in total. The van der Waals surface area contributed by atoms with Crippen LogP contribution in [-0.2, 0) is 0 Å². The predicted molar refractivity (Wildman–Crippen MR) is 37.5 cm³/mol. The second-order valence-electron chi connectivity index (χ2n) is 2.06. The van der Waals surface area contributed by atoms with Gasteiger partial charge in [0.05, 0.1) is 0 Å². The van der Waals surface area contributed by atoms with Gasteiger partial charge in [0.25, 0.3) is 0 Å². The van der Waals surface area contributed by atoms with Crippen LogP contribution in [-0.4, -0.2) is 24.4 Å². The summed E-state index contributed by atoms with van der Waals surface area (Å²) in [6, 6.07) is 0. The van der Waals surface area contributed by atoms with Crippen LogP contribution in [0, 0.1) is 0 Å². The second-order valence-corrected chi connectivity index (χ2v) is 4.91. The van der Waals surface area contributed by atoms with Gasteiger partial charge >= 0.3 is 61.2 Å². The van der Waals surface area contributed by atoms with Crippen molar-refractivity contribution in [3.8, 4) is 0 Å². The Hall–Kier alpha value is 0.870. The minimum absolute atomic E-state index is 0.976. The van der Waals surface area contributed by atoms with Crippen LogP contribution in [0.3, 0.4) is 0 Å². The van der Waals surface area contributed by atoms with Crippen LogP contribution in [0.15, 0.2) is 0 Å². The molecule has 0 atom stereocenters. The molecule has 0 bridgehead atoms. The molecule has 0 aliphatic carbocycles. The average Bonchev–Trinajstić information content (AvgIpc) is 1.69. The maximum atomic E-state index is 2.26. The Bertz CT molecular complexity index is 23.4. The molecule has 0 radical (unpaired) electrons. The normalized spacial score (nSPS) is 9.29. The SMILES string of the molecule is CCCCC[CH2][InH2]. The van der Waals surface area contributed by atoms with Crippen molar-refractivity contribution in [1.29, 1.82) is 0 Å². The summed E-state index contributed by atoms with van der Waals surface area (Å²) >= 11 is 0.976. The van der Waals surface area contributed by atoms with E-state index in [9.17, 15) is 0 Å². The summed E-state index contributed by atoms with van der Waals surface area (Å²) in [5, 5.41) is 0. The Morgan fingerprint density at radius 2 is 1.86 bits per heavy atom. The van der Waals surface area contributed by atoms with E-state index in [0.29, 0.717) is 0 Å². The maximum absolute atomic E-state index is 2.26. The molecule has 0 aromatic rings. The van der Waals surface area contributed by atoms with Crippen molar-refractivity contribution < 1.29 is 0 Å². The van der Waals surface area contributed by atoms with Gasteiger partial charge in [-0.1, -0.05) is 0 Å². The molecule has 0 fully saturated rings. The van der Waals surface area contributed by atoms with Gasteiger partial charge in [-0.05, 0) is 0 Å². The monoisotopic (exact) mass is 202 g/mol. The zero-order chi connectivity index (χ0) is 5.54. The molecule has 0 spiro atoms.